The fourth-order valence-corrected chi connectivity index (χ4v) is 5.72. The zero-order chi connectivity index (χ0) is 28.2. The average molecular weight is 572 g/mol. The molecule has 39 heavy (non-hydrogen) atoms. The molecule has 1 fully saturated rings. The Morgan fingerprint density at radius 3 is 2.36 bits per heavy atom. The number of nitrogens with zero attached hydrogens (tertiary/aromatic N) is 3. The van der Waals surface area contributed by atoms with Crippen LogP contribution in [0.2, 0.25) is 0 Å². The van der Waals surface area contributed by atoms with Gasteiger partial charge in [0.05, 0.1) is 19.1 Å². The van der Waals surface area contributed by atoms with Crippen molar-refractivity contribution in [3.05, 3.63) is 76.4 Å². The Balaban J connectivity index is 1.55. The minimum absolute atomic E-state index is 0.00399. The Bertz CT molecular complexity index is 1420. The number of nitrogens with two attached hydrogens (primary N) is 1. The van der Waals surface area contributed by atoms with E-state index in [0.717, 1.165) is 52.6 Å². The summed E-state index contributed by atoms with van der Waals surface area (Å²) in [7, 11) is 0.210. The second kappa shape index (κ2) is 11.7. The molecule has 1 aromatic heterocycles. The lowest BCUT2D eigenvalue weighted by atomic mass is 9.94. The first-order chi connectivity index (χ1) is 18.6. The molecular formula is C27H33N5O5S2. The Labute approximate surface area is 233 Å². The summed E-state index contributed by atoms with van der Waals surface area (Å²) in [6.45, 7) is 0.649. The monoisotopic (exact) mass is 571 g/mol. The van der Waals surface area contributed by atoms with Gasteiger partial charge in [-0.2, -0.15) is 12.7 Å². The van der Waals surface area contributed by atoms with E-state index in [1.54, 1.807) is 12.0 Å². The highest BCUT2D eigenvalue weighted by Gasteiger charge is 2.53. The van der Waals surface area contributed by atoms with Crippen LogP contribution in [-0.2, 0) is 33.4 Å². The van der Waals surface area contributed by atoms with E-state index >= 15 is 0 Å². The maximum atomic E-state index is 14.0. The molecule has 12 heteroatoms. The normalized spacial score (nSPS) is 14.2. The van der Waals surface area contributed by atoms with Crippen molar-refractivity contribution in [3.8, 4) is 5.75 Å². The molecule has 0 bridgehead atoms. The molecule has 0 radical (unpaired) electrons. The van der Waals surface area contributed by atoms with Gasteiger partial charge in [0.1, 0.15) is 15.8 Å². The number of hydrogen-bond acceptors (Lipinski definition) is 8. The van der Waals surface area contributed by atoms with Crippen molar-refractivity contribution < 1.29 is 22.7 Å². The van der Waals surface area contributed by atoms with E-state index in [-0.39, 0.29) is 23.1 Å². The summed E-state index contributed by atoms with van der Waals surface area (Å²) in [5.74, 6) is -0.194. The van der Waals surface area contributed by atoms with E-state index in [0.29, 0.717) is 11.6 Å². The molecule has 0 spiro atoms. The molecule has 4 rings (SSSR count). The van der Waals surface area contributed by atoms with Crippen LogP contribution in [0.15, 0.2) is 54.6 Å². The molecule has 3 N–H and O–H groups in total. The SMILES string of the molecule is COc1ccc(C2(C(=O)N(CCCc3ccccc3)Cc3nc(C(=O)NS(=O)(=O)N(C)C)c(N)s3)CC2)cc1. The number of aryl methyl sites for hydroxylation is 1. The molecule has 0 aliphatic heterocycles. The van der Waals surface area contributed by atoms with E-state index in [2.05, 4.69) is 17.1 Å². The third-order valence-corrected chi connectivity index (χ3v) is 9.04. The number of aromatic nitrogens is 1. The number of nitrogens with one attached hydrogen (secondary N) is 1. The summed E-state index contributed by atoms with van der Waals surface area (Å²) in [6.07, 6.45) is 3.02. The molecule has 208 valence electrons. The van der Waals surface area contributed by atoms with E-state index in [1.807, 2.05) is 47.2 Å². The predicted octanol–water partition coefficient (Wildman–Crippen LogP) is 2.96. The second-order valence-electron chi connectivity index (χ2n) is 9.67. The smallest absolute Gasteiger partial charge is 0.303 e. The molecule has 0 unspecified atom stereocenters. The summed E-state index contributed by atoms with van der Waals surface area (Å²) in [5.41, 5.74) is 7.39. The van der Waals surface area contributed by atoms with Gasteiger partial charge in [-0.25, -0.2) is 9.71 Å². The number of amides is 2. The topological polar surface area (TPSA) is 135 Å². The van der Waals surface area contributed by atoms with Gasteiger partial charge in [-0.05, 0) is 48.9 Å². The summed E-state index contributed by atoms with van der Waals surface area (Å²) in [6, 6.07) is 17.6. The van der Waals surface area contributed by atoms with Crippen LogP contribution in [0, 0.1) is 0 Å². The van der Waals surface area contributed by atoms with Gasteiger partial charge in [0.15, 0.2) is 5.69 Å². The lowest BCUT2D eigenvalue weighted by Gasteiger charge is -2.27. The lowest BCUT2D eigenvalue weighted by molar-refractivity contribution is -0.134. The highest BCUT2D eigenvalue weighted by molar-refractivity contribution is 7.87. The third kappa shape index (κ3) is 6.57. The van der Waals surface area contributed by atoms with Crippen LogP contribution in [0.25, 0.3) is 0 Å². The van der Waals surface area contributed by atoms with Crippen LogP contribution < -0.4 is 15.2 Å². The van der Waals surface area contributed by atoms with Gasteiger partial charge in [-0.15, -0.1) is 0 Å². The van der Waals surface area contributed by atoms with Crippen LogP contribution >= 0.6 is 11.3 Å². The lowest BCUT2D eigenvalue weighted by Crippen LogP contribution is -2.40. The number of anilines is 1. The number of carbonyl (C=O) groups is 2. The predicted molar refractivity (Wildman–Crippen MR) is 151 cm³/mol. The first kappa shape index (κ1) is 28.5. The van der Waals surface area contributed by atoms with E-state index in [1.165, 1.54) is 19.7 Å². The van der Waals surface area contributed by atoms with Gasteiger partial charge in [0, 0.05) is 20.6 Å². The van der Waals surface area contributed by atoms with Crippen molar-refractivity contribution in [2.45, 2.75) is 37.6 Å². The minimum atomic E-state index is -4.01. The van der Waals surface area contributed by atoms with Crippen LogP contribution in [0.1, 0.15) is 45.9 Å². The summed E-state index contributed by atoms with van der Waals surface area (Å²) in [5, 5.41) is 0.544. The van der Waals surface area contributed by atoms with E-state index in [9.17, 15) is 18.0 Å². The van der Waals surface area contributed by atoms with Crippen LogP contribution in [0.5, 0.6) is 5.75 Å². The molecule has 1 heterocycles. The molecule has 10 nitrogen and oxygen atoms in total. The van der Waals surface area contributed by atoms with Crippen molar-refractivity contribution in [1.82, 2.24) is 18.9 Å². The first-order valence-corrected chi connectivity index (χ1v) is 14.8. The van der Waals surface area contributed by atoms with E-state index < -0.39 is 21.5 Å². The largest absolute Gasteiger partial charge is 0.497 e. The Morgan fingerprint density at radius 2 is 1.77 bits per heavy atom. The maximum absolute atomic E-state index is 14.0. The van der Waals surface area contributed by atoms with Crippen LogP contribution in [0.4, 0.5) is 5.00 Å². The average Bonchev–Trinajstić information content (AvgIpc) is 3.64. The van der Waals surface area contributed by atoms with Crippen LogP contribution in [-0.4, -0.2) is 62.2 Å². The quantitative estimate of drug-likeness (QED) is 0.341. The van der Waals surface area contributed by atoms with Crippen molar-refractivity contribution in [1.29, 1.82) is 0 Å². The molecule has 1 aliphatic carbocycles. The minimum Gasteiger partial charge on any atom is -0.497 e. The number of rotatable bonds is 12. The standard InChI is InChI=1S/C27H33N5O5S2/c1-31(2)39(35,36)30-25(33)23-24(28)38-22(29-23)18-32(17-7-10-19-8-5-4-6-9-19)26(34)27(15-16-27)20-11-13-21(37-3)14-12-20/h4-6,8-9,11-14H,7,10,15-18,28H2,1-3H3,(H,30,33). The van der Waals surface area contributed by atoms with Crippen LogP contribution in [0.3, 0.4) is 0 Å². The number of carbonyl (C=O) groups excluding carboxylic acids is 2. The maximum Gasteiger partial charge on any atom is 0.303 e. The first-order valence-electron chi connectivity index (χ1n) is 12.5. The van der Waals surface area contributed by atoms with Gasteiger partial charge in [0.25, 0.3) is 5.91 Å². The van der Waals surface area contributed by atoms with Gasteiger partial charge in [0.2, 0.25) is 5.91 Å². The molecule has 3 aromatic rings. The summed E-state index contributed by atoms with van der Waals surface area (Å²) >= 11 is 1.07. The highest BCUT2D eigenvalue weighted by atomic mass is 32.2. The highest BCUT2D eigenvalue weighted by Crippen LogP contribution is 2.50. The number of ether oxygens (including phenoxy) is 1. The van der Waals surface area contributed by atoms with Gasteiger partial charge >= 0.3 is 10.2 Å². The molecule has 1 aliphatic rings. The molecule has 0 saturated heterocycles. The molecular weight excluding hydrogens is 538 g/mol. The Kier molecular flexibility index (Phi) is 8.57. The van der Waals surface area contributed by atoms with Gasteiger partial charge in [-0.3, -0.25) is 9.59 Å². The van der Waals surface area contributed by atoms with E-state index in [4.69, 9.17) is 10.5 Å². The van der Waals surface area contributed by atoms with Crippen molar-refractivity contribution in [2.24, 2.45) is 0 Å². The molecule has 2 aromatic carbocycles. The summed E-state index contributed by atoms with van der Waals surface area (Å²) in [4.78, 5) is 32.7. The number of nitrogen functional groups attached to an aromatic ring is 1. The van der Waals surface area contributed by atoms with Crippen molar-refractivity contribution in [3.63, 3.8) is 0 Å². The Hall–Kier alpha value is -3.48. The van der Waals surface area contributed by atoms with Crippen molar-refractivity contribution >= 4 is 38.4 Å². The Morgan fingerprint density at radius 1 is 1.10 bits per heavy atom. The second-order valence-corrected chi connectivity index (χ2v) is 12.7. The van der Waals surface area contributed by atoms with Gasteiger partial charge in [-0.1, -0.05) is 53.8 Å². The molecule has 2 amide bonds. The fourth-order valence-electron chi connectivity index (χ4n) is 4.36. The fraction of sp³-hybridized carbons (Fsp3) is 0.370. The zero-order valence-corrected chi connectivity index (χ0v) is 23.8. The number of hydrogen-bond donors (Lipinski definition) is 2. The number of methoxy groups -OCH3 is 1. The number of benzene rings is 2. The molecule has 1 saturated carbocycles. The van der Waals surface area contributed by atoms with Gasteiger partial charge < -0.3 is 15.4 Å². The third-order valence-electron chi connectivity index (χ3n) is 6.77. The zero-order valence-electron chi connectivity index (χ0n) is 22.2. The van der Waals surface area contributed by atoms with Crippen molar-refractivity contribution in [2.75, 3.05) is 33.5 Å². The number of thiazole rings is 1. The summed E-state index contributed by atoms with van der Waals surface area (Å²) < 4.78 is 32.3. The molecule has 0 atom stereocenters.